The van der Waals surface area contributed by atoms with Gasteiger partial charge in [0.15, 0.2) is 0 Å². The molecule has 2 rings (SSSR count). The first-order valence-corrected chi connectivity index (χ1v) is 3.34. The van der Waals surface area contributed by atoms with E-state index in [2.05, 4.69) is 23.2 Å². The maximum atomic E-state index is 4.28. The van der Waals surface area contributed by atoms with Crippen molar-refractivity contribution in [2.75, 3.05) is 0 Å². The van der Waals surface area contributed by atoms with E-state index in [0.29, 0.717) is 6.04 Å². The van der Waals surface area contributed by atoms with Crippen LogP contribution in [0.1, 0.15) is 12.8 Å². The molecular weight excluding hydrogens is 110 g/mol. The van der Waals surface area contributed by atoms with Crippen molar-refractivity contribution >= 4 is 6.21 Å². The topological polar surface area (TPSA) is 12.4 Å². The first-order valence-electron chi connectivity index (χ1n) is 3.34. The Bertz CT molecular complexity index is 199. The highest BCUT2D eigenvalue weighted by molar-refractivity contribution is 5.67. The lowest BCUT2D eigenvalue weighted by molar-refractivity contribution is 0.947. The van der Waals surface area contributed by atoms with Crippen LogP contribution < -0.4 is 0 Å². The smallest absolute Gasteiger partial charge is 0.0890 e. The fourth-order valence-electron chi connectivity index (χ4n) is 1.29. The van der Waals surface area contributed by atoms with Gasteiger partial charge in [-0.25, -0.2) is 0 Å². The van der Waals surface area contributed by atoms with E-state index in [1.54, 1.807) is 0 Å². The number of aliphatic imine (C=N–C) groups is 1. The SMILES string of the molecule is C1=CC2N=CCC2=CC1. The van der Waals surface area contributed by atoms with Crippen molar-refractivity contribution in [1.29, 1.82) is 0 Å². The second kappa shape index (κ2) is 1.83. The van der Waals surface area contributed by atoms with Gasteiger partial charge in [0.1, 0.15) is 0 Å². The summed E-state index contributed by atoms with van der Waals surface area (Å²) in [6.07, 6.45) is 10.8. The van der Waals surface area contributed by atoms with Crippen molar-refractivity contribution in [2.24, 2.45) is 4.99 Å². The minimum Gasteiger partial charge on any atom is -0.285 e. The van der Waals surface area contributed by atoms with E-state index in [1.807, 2.05) is 6.21 Å². The van der Waals surface area contributed by atoms with Crippen LogP contribution in [-0.4, -0.2) is 12.3 Å². The summed E-state index contributed by atoms with van der Waals surface area (Å²) in [6, 6.07) is 0.416. The summed E-state index contributed by atoms with van der Waals surface area (Å²) in [5, 5.41) is 0. The van der Waals surface area contributed by atoms with Gasteiger partial charge in [0.2, 0.25) is 0 Å². The van der Waals surface area contributed by atoms with Crippen molar-refractivity contribution in [1.82, 2.24) is 0 Å². The predicted octanol–water partition coefficient (Wildman–Crippen LogP) is 1.72. The summed E-state index contributed by atoms with van der Waals surface area (Å²) >= 11 is 0. The Morgan fingerprint density at radius 2 is 2.56 bits per heavy atom. The van der Waals surface area contributed by atoms with Crippen LogP contribution in [0.2, 0.25) is 0 Å². The number of hydrogen-bond donors (Lipinski definition) is 0. The molecule has 46 valence electrons. The number of fused-ring (bicyclic) bond motifs is 1. The molecule has 1 unspecified atom stereocenters. The molecule has 1 aliphatic heterocycles. The van der Waals surface area contributed by atoms with Crippen molar-refractivity contribution in [3.8, 4) is 0 Å². The van der Waals surface area contributed by atoms with Gasteiger partial charge in [-0.15, -0.1) is 0 Å². The first kappa shape index (κ1) is 4.98. The lowest BCUT2D eigenvalue weighted by atomic mass is 10.0. The van der Waals surface area contributed by atoms with Gasteiger partial charge in [0.25, 0.3) is 0 Å². The lowest BCUT2D eigenvalue weighted by Crippen LogP contribution is -2.00. The Hall–Kier alpha value is -0.850. The van der Waals surface area contributed by atoms with Crippen LogP contribution in [0.3, 0.4) is 0 Å². The summed E-state index contributed by atoms with van der Waals surface area (Å²) in [6.45, 7) is 0. The Morgan fingerprint density at radius 3 is 3.44 bits per heavy atom. The number of rotatable bonds is 0. The molecule has 0 bridgehead atoms. The Kier molecular flexibility index (Phi) is 1.01. The van der Waals surface area contributed by atoms with E-state index < -0.39 is 0 Å². The molecule has 9 heavy (non-hydrogen) atoms. The molecule has 1 nitrogen and oxygen atoms in total. The van der Waals surface area contributed by atoms with E-state index in [0.717, 1.165) is 12.8 Å². The maximum Gasteiger partial charge on any atom is 0.0890 e. The van der Waals surface area contributed by atoms with Crippen molar-refractivity contribution in [3.63, 3.8) is 0 Å². The highest BCUT2D eigenvalue weighted by Crippen LogP contribution is 2.21. The molecule has 0 aromatic rings. The Morgan fingerprint density at radius 1 is 1.56 bits per heavy atom. The predicted molar refractivity (Wildman–Crippen MR) is 38.7 cm³/mol. The van der Waals surface area contributed by atoms with E-state index in [4.69, 9.17) is 0 Å². The van der Waals surface area contributed by atoms with Gasteiger partial charge in [0.05, 0.1) is 6.04 Å². The average molecular weight is 119 g/mol. The zero-order valence-corrected chi connectivity index (χ0v) is 5.25. The number of nitrogens with zero attached hydrogens (tertiary/aromatic N) is 1. The van der Waals surface area contributed by atoms with Gasteiger partial charge in [-0.1, -0.05) is 18.2 Å². The van der Waals surface area contributed by atoms with Crippen molar-refractivity contribution in [3.05, 3.63) is 23.8 Å². The highest BCUT2D eigenvalue weighted by atomic mass is 14.8. The molecule has 0 spiro atoms. The average Bonchev–Trinajstić information content (AvgIpc) is 2.33. The summed E-state index contributed by atoms with van der Waals surface area (Å²) in [5.41, 5.74) is 1.48. The zero-order chi connectivity index (χ0) is 6.10. The van der Waals surface area contributed by atoms with Crippen LogP contribution in [0.25, 0.3) is 0 Å². The molecule has 0 amide bonds. The summed E-state index contributed by atoms with van der Waals surface area (Å²) < 4.78 is 0. The van der Waals surface area contributed by atoms with Gasteiger partial charge in [-0.3, -0.25) is 4.99 Å². The van der Waals surface area contributed by atoms with Gasteiger partial charge < -0.3 is 0 Å². The summed E-state index contributed by atoms with van der Waals surface area (Å²) in [7, 11) is 0. The lowest BCUT2D eigenvalue weighted by Gasteiger charge is -2.07. The van der Waals surface area contributed by atoms with Crippen LogP contribution in [0.5, 0.6) is 0 Å². The van der Waals surface area contributed by atoms with Crippen LogP contribution in [-0.2, 0) is 0 Å². The van der Waals surface area contributed by atoms with Crippen LogP contribution in [0.4, 0.5) is 0 Å². The first-order chi connectivity index (χ1) is 4.47. The molecule has 0 fully saturated rings. The molecule has 0 saturated carbocycles. The third-order valence-corrected chi connectivity index (χ3v) is 1.81. The standard InChI is InChI=1S/C8H9N/c1-2-4-8-7(3-1)5-6-9-8/h2-4,6,8H,1,5H2. The van der Waals surface area contributed by atoms with Crippen LogP contribution in [0, 0.1) is 0 Å². The largest absolute Gasteiger partial charge is 0.285 e. The second-order valence-electron chi connectivity index (χ2n) is 2.42. The molecule has 0 aromatic carbocycles. The maximum absolute atomic E-state index is 4.28. The minimum absolute atomic E-state index is 0.416. The molecule has 0 saturated heterocycles. The van der Waals surface area contributed by atoms with Crippen molar-refractivity contribution in [2.45, 2.75) is 18.9 Å². The van der Waals surface area contributed by atoms with Gasteiger partial charge in [0, 0.05) is 12.6 Å². The summed E-state index contributed by atoms with van der Waals surface area (Å²) in [5.74, 6) is 0. The molecule has 1 aliphatic carbocycles. The fraction of sp³-hybridized carbons (Fsp3) is 0.375. The summed E-state index contributed by atoms with van der Waals surface area (Å²) in [4.78, 5) is 4.28. The van der Waals surface area contributed by atoms with Crippen molar-refractivity contribution < 1.29 is 0 Å². The van der Waals surface area contributed by atoms with Gasteiger partial charge in [-0.2, -0.15) is 0 Å². The van der Waals surface area contributed by atoms with Crippen LogP contribution in [0.15, 0.2) is 28.8 Å². The van der Waals surface area contributed by atoms with Crippen LogP contribution >= 0.6 is 0 Å². The molecule has 1 atom stereocenters. The van der Waals surface area contributed by atoms with E-state index in [9.17, 15) is 0 Å². The van der Waals surface area contributed by atoms with E-state index in [1.165, 1.54) is 5.57 Å². The van der Waals surface area contributed by atoms with Gasteiger partial charge >= 0.3 is 0 Å². The normalized spacial score (nSPS) is 30.2. The molecular formula is C8H9N. The van der Waals surface area contributed by atoms with E-state index in [-0.39, 0.29) is 0 Å². The van der Waals surface area contributed by atoms with E-state index >= 15 is 0 Å². The quantitative estimate of drug-likeness (QED) is 0.430. The molecule has 2 aliphatic rings. The van der Waals surface area contributed by atoms with Gasteiger partial charge in [-0.05, 0) is 12.0 Å². The molecule has 1 heteroatoms. The minimum atomic E-state index is 0.416. The third kappa shape index (κ3) is 0.727. The molecule has 0 aromatic heterocycles. The Labute approximate surface area is 54.8 Å². The fourth-order valence-corrected chi connectivity index (χ4v) is 1.29. The number of hydrogen-bond acceptors (Lipinski definition) is 1. The number of allylic oxidation sites excluding steroid dienone is 2. The zero-order valence-electron chi connectivity index (χ0n) is 5.25. The third-order valence-electron chi connectivity index (χ3n) is 1.81. The Balaban J connectivity index is 2.29. The molecule has 0 radical (unpaired) electrons. The highest BCUT2D eigenvalue weighted by Gasteiger charge is 2.14. The second-order valence-corrected chi connectivity index (χ2v) is 2.42. The monoisotopic (exact) mass is 119 g/mol. The molecule has 1 heterocycles. The molecule has 0 N–H and O–H groups in total.